The first-order chi connectivity index (χ1) is 7.22. The first kappa shape index (κ1) is 10.3. The Bertz CT molecular complexity index is 354. The third kappa shape index (κ3) is 1.91. The van der Waals surface area contributed by atoms with Crippen LogP contribution in [0.4, 0.5) is 0 Å². The lowest BCUT2D eigenvalue weighted by Crippen LogP contribution is -2.27. The van der Waals surface area contributed by atoms with Crippen LogP contribution >= 0.6 is 0 Å². The van der Waals surface area contributed by atoms with Gasteiger partial charge in [0.2, 0.25) is 6.79 Å². The zero-order valence-electron chi connectivity index (χ0n) is 8.64. The molecule has 0 amide bonds. The van der Waals surface area contributed by atoms with E-state index in [-0.39, 0.29) is 12.8 Å². The monoisotopic (exact) mass is 209 g/mol. The molecule has 1 heterocycles. The number of hydrogen-bond donors (Lipinski definition) is 2. The van der Waals surface area contributed by atoms with E-state index in [9.17, 15) is 5.11 Å². The number of benzene rings is 1. The highest BCUT2D eigenvalue weighted by Crippen LogP contribution is 2.34. The van der Waals surface area contributed by atoms with Gasteiger partial charge in [0.15, 0.2) is 11.5 Å². The predicted octanol–water partition coefficient (Wildman–Crippen LogP) is 1.19. The van der Waals surface area contributed by atoms with Gasteiger partial charge in [-0.3, -0.25) is 0 Å². The van der Waals surface area contributed by atoms with Crippen molar-refractivity contribution in [2.45, 2.75) is 25.5 Å². The Morgan fingerprint density at radius 1 is 1.40 bits per heavy atom. The third-order valence-electron chi connectivity index (χ3n) is 2.62. The lowest BCUT2D eigenvalue weighted by Gasteiger charge is -2.17. The second-order valence-corrected chi connectivity index (χ2v) is 3.63. The van der Waals surface area contributed by atoms with Gasteiger partial charge in [-0.25, -0.2) is 0 Å². The van der Waals surface area contributed by atoms with Crippen LogP contribution in [0, 0.1) is 0 Å². The standard InChI is InChI=1S/C11H15NO3/c1-2-8(12)11(13)7-3-4-9-10(5-7)15-6-14-9/h3-5,8,11,13H,2,6,12H2,1H3. The summed E-state index contributed by atoms with van der Waals surface area (Å²) in [6.07, 6.45) is 0.0831. The van der Waals surface area contributed by atoms with Gasteiger partial charge in [0.05, 0.1) is 6.10 Å². The van der Waals surface area contributed by atoms with Crippen molar-refractivity contribution < 1.29 is 14.6 Å². The minimum absolute atomic E-state index is 0.245. The fourth-order valence-electron chi connectivity index (χ4n) is 1.57. The molecular formula is C11H15NO3. The second-order valence-electron chi connectivity index (χ2n) is 3.63. The molecule has 1 aliphatic heterocycles. The molecule has 0 aliphatic carbocycles. The van der Waals surface area contributed by atoms with Gasteiger partial charge < -0.3 is 20.3 Å². The Kier molecular flexibility index (Phi) is 2.79. The smallest absolute Gasteiger partial charge is 0.231 e. The molecule has 4 heteroatoms. The summed E-state index contributed by atoms with van der Waals surface area (Å²) in [6, 6.07) is 5.14. The van der Waals surface area contributed by atoms with E-state index in [4.69, 9.17) is 15.2 Å². The van der Waals surface area contributed by atoms with Crippen LogP contribution in [0.25, 0.3) is 0 Å². The maximum Gasteiger partial charge on any atom is 0.231 e. The SMILES string of the molecule is CCC(N)C(O)c1ccc2c(c1)OCO2. The first-order valence-electron chi connectivity index (χ1n) is 5.05. The molecule has 15 heavy (non-hydrogen) atoms. The first-order valence-corrected chi connectivity index (χ1v) is 5.05. The molecule has 2 unspecified atom stereocenters. The summed E-state index contributed by atoms with van der Waals surface area (Å²) in [4.78, 5) is 0. The van der Waals surface area contributed by atoms with Crippen molar-refractivity contribution in [2.75, 3.05) is 6.79 Å². The highest BCUT2D eigenvalue weighted by Gasteiger charge is 2.19. The van der Waals surface area contributed by atoms with Crippen LogP contribution in [0.2, 0.25) is 0 Å². The molecular weight excluding hydrogens is 194 g/mol. The number of hydrogen-bond acceptors (Lipinski definition) is 4. The molecule has 1 aliphatic rings. The molecule has 4 nitrogen and oxygen atoms in total. The molecule has 1 aromatic rings. The lowest BCUT2D eigenvalue weighted by atomic mass is 10.0. The average molecular weight is 209 g/mol. The highest BCUT2D eigenvalue weighted by molar-refractivity contribution is 5.45. The van der Waals surface area contributed by atoms with Crippen molar-refractivity contribution in [2.24, 2.45) is 5.73 Å². The molecule has 2 rings (SSSR count). The third-order valence-corrected chi connectivity index (χ3v) is 2.62. The van der Waals surface area contributed by atoms with Gasteiger partial charge in [-0.05, 0) is 24.1 Å². The quantitative estimate of drug-likeness (QED) is 0.784. The molecule has 0 aromatic heterocycles. The number of aliphatic hydroxyl groups excluding tert-OH is 1. The zero-order chi connectivity index (χ0) is 10.8. The summed E-state index contributed by atoms with van der Waals surface area (Å²) in [5.41, 5.74) is 6.54. The van der Waals surface area contributed by atoms with E-state index in [1.165, 1.54) is 0 Å². The van der Waals surface area contributed by atoms with Crippen LogP contribution in [0.15, 0.2) is 18.2 Å². The van der Waals surface area contributed by atoms with Crippen molar-refractivity contribution in [3.05, 3.63) is 23.8 Å². The van der Waals surface area contributed by atoms with E-state index in [2.05, 4.69) is 0 Å². The summed E-state index contributed by atoms with van der Waals surface area (Å²) in [7, 11) is 0. The molecule has 0 radical (unpaired) electrons. The molecule has 0 bridgehead atoms. The maximum atomic E-state index is 9.90. The Morgan fingerprint density at radius 2 is 2.13 bits per heavy atom. The zero-order valence-corrected chi connectivity index (χ0v) is 8.64. The lowest BCUT2D eigenvalue weighted by molar-refractivity contribution is 0.144. The minimum atomic E-state index is -0.649. The van der Waals surface area contributed by atoms with Crippen molar-refractivity contribution in [3.63, 3.8) is 0 Å². The Hall–Kier alpha value is -1.26. The van der Waals surface area contributed by atoms with Gasteiger partial charge in [0.25, 0.3) is 0 Å². The van der Waals surface area contributed by atoms with Crippen molar-refractivity contribution in [1.82, 2.24) is 0 Å². The van der Waals surface area contributed by atoms with Crippen LogP contribution in [0.3, 0.4) is 0 Å². The highest BCUT2D eigenvalue weighted by atomic mass is 16.7. The average Bonchev–Trinajstić information content (AvgIpc) is 2.73. The fourth-order valence-corrected chi connectivity index (χ4v) is 1.57. The van der Waals surface area contributed by atoms with E-state index in [1.54, 1.807) is 12.1 Å². The summed E-state index contributed by atoms with van der Waals surface area (Å²) < 4.78 is 10.4. The van der Waals surface area contributed by atoms with Gasteiger partial charge in [-0.2, -0.15) is 0 Å². The fraction of sp³-hybridized carbons (Fsp3) is 0.455. The maximum absolute atomic E-state index is 9.90. The van der Waals surface area contributed by atoms with E-state index >= 15 is 0 Å². The molecule has 82 valence electrons. The normalized spacial score (nSPS) is 17.5. The Morgan fingerprint density at radius 3 is 2.87 bits per heavy atom. The molecule has 0 spiro atoms. The molecule has 3 N–H and O–H groups in total. The number of fused-ring (bicyclic) bond motifs is 1. The number of ether oxygens (including phenoxy) is 2. The molecule has 0 saturated heterocycles. The van der Waals surface area contributed by atoms with Crippen molar-refractivity contribution in [1.29, 1.82) is 0 Å². The van der Waals surface area contributed by atoms with Crippen LogP contribution in [0.5, 0.6) is 11.5 Å². The molecule has 0 fully saturated rings. The van der Waals surface area contributed by atoms with Gasteiger partial charge in [-0.15, -0.1) is 0 Å². The summed E-state index contributed by atoms with van der Waals surface area (Å²) in [5.74, 6) is 1.39. The Balaban J connectivity index is 2.22. The number of nitrogens with two attached hydrogens (primary N) is 1. The van der Waals surface area contributed by atoms with Crippen LogP contribution in [-0.4, -0.2) is 17.9 Å². The Labute approximate surface area is 88.6 Å². The summed E-state index contributed by atoms with van der Waals surface area (Å²) >= 11 is 0. The minimum Gasteiger partial charge on any atom is -0.454 e. The van der Waals surface area contributed by atoms with Crippen LogP contribution in [-0.2, 0) is 0 Å². The van der Waals surface area contributed by atoms with Gasteiger partial charge in [0.1, 0.15) is 0 Å². The van der Waals surface area contributed by atoms with E-state index in [0.29, 0.717) is 5.75 Å². The predicted molar refractivity (Wildman–Crippen MR) is 55.8 cm³/mol. The topological polar surface area (TPSA) is 64.7 Å². The van der Waals surface area contributed by atoms with E-state index in [1.807, 2.05) is 13.0 Å². The summed E-state index contributed by atoms with van der Waals surface area (Å²) in [6.45, 7) is 2.19. The molecule has 0 saturated carbocycles. The molecule has 2 atom stereocenters. The van der Waals surface area contributed by atoms with Crippen molar-refractivity contribution in [3.8, 4) is 11.5 Å². The number of aliphatic hydroxyl groups is 1. The van der Waals surface area contributed by atoms with Crippen LogP contribution < -0.4 is 15.2 Å². The van der Waals surface area contributed by atoms with Gasteiger partial charge in [-0.1, -0.05) is 13.0 Å². The van der Waals surface area contributed by atoms with E-state index < -0.39 is 6.10 Å². The molecule has 1 aromatic carbocycles. The second kappa shape index (κ2) is 4.08. The van der Waals surface area contributed by atoms with E-state index in [0.717, 1.165) is 17.7 Å². The van der Waals surface area contributed by atoms with Crippen LogP contribution in [0.1, 0.15) is 25.0 Å². The summed E-state index contributed by atoms with van der Waals surface area (Å²) in [5, 5.41) is 9.90. The van der Waals surface area contributed by atoms with Gasteiger partial charge >= 0.3 is 0 Å². The van der Waals surface area contributed by atoms with Crippen molar-refractivity contribution >= 4 is 0 Å². The largest absolute Gasteiger partial charge is 0.454 e. The van der Waals surface area contributed by atoms with Gasteiger partial charge in [0, 0.05) is 6.04 Å². The number of rotatable bonds is 3.